The molecule has 2 atom stereocenters. The van der Waals surface area contributed by atoms with Crippen molar-refractivity contribution in [1.82, 2.24) is 15.5 Å². The summed E-state index contributed by atoms with van der Waals surface area (Å²) in [4.78, 5) is 25.4. The maximum Gasteiger partial charge on any atom is 0.319 e. The second-order valence-corrected chi connectivity index (χ2v) is 8.27. The van der Waals surface area contributed by atoms with E-state index in [1.165, 1.54) is 11.3 Å². The van der Waals surface area contributed by atoms with Crippen molar-refractivity contribution < 1.29 is 19.1 Å². The summed E-state index contributed by atoms with van der Waals surface area (Å²) >= 11 is 1.24. The average Bonchev–Trinajstić information content (AvgIpc) is 3.46. The first-order valence-electron chi connectivity index (χ1n) is 10.2. The number of carbonyl (C=O) groups is 2. The maximum absolute atomic E-state index is 12.9. The molecule has 3 aromatic rings. The Balaban J connectivity index is 1.42. The van der Waals surface area contributed by atoms with Crippen molar-refractivity contribution in [2.24, 2.45) is 5.92 Å². The molecule has 0 spiro atoms. The van der Waals surface area contributed by atoms with Crippen LogP contribution >= 0.6 is 11.3 Å². The highest BCUT2D eigenvalue weighted by Crippen LogP contribution is 2.37. The lowest BCUT2D eigenvalue weighted by atomic mass is 9.98. The van der Waals surface area contributed by atoms with Crippen LogP contribution in [0.3, 0.4) is 0 Å². The van der Waals surface area contributed by atoms with Crippen LogP contribution in [0.4, 0.5) is 15.6 Å². The van der Waals surface area contributed by atoms with Gasteiger partial charge in [-0.25, -0.2) is 4.79 Å². The SMILES string of the molecule is CCC(C)C(NC(=O)Nc1ccccc1)C(=O)Nc1nnc(-c2ccc3c(c2)OCO3)s1. The smallest absolute Gasteiger partial charge is 0.319 e. The van der Waals surface area contributed by atoms with Crippen LogP contribution in [0.2, 0.25) is 0 Å². The molecule has 0 saturated carbocycles. The van der Waals surface area contributed by atoms with Gasteiger partial charge in [-0.3, -0.25) is 10.1 Å². The van der Waals surface area contributed by atoms with Crippen molar-refractivity contribution in [3.63, 3.8) is 0 Å². The van der Waals surface area contributed by atoms with Crippen LogP contribution in [0.1, 0.15) is 20.3 Å². The third kappa shape index (κ3) is 4.97. The molecule has 4 rings (SSSR count). The Labute approximate surface area is 189 Å². The Morgan fingerprint density at radius 2 is 1.84 bits per heavy atom. The number of fused-ring (bicyclic) bond motifs is 1. The van der Waals surface area contributed by atoms with Crippen molar-refractivity contribution in [3.05, 3.63) is 48.5 Å². The molecule has 9 nitrogen and oxygen atoms in total. The van der Waals surface area contributed by atoms with E-state index in [2.05, 4.69) is 26.1 Å². The van der Waals surface area contributed by atoms with E-state index in [1.807, 2.05) is 50.2 Å². The number of carbonyl (C=O) groups excluding carboxylic acids is 2. The Bertz CT molecular complexity index is 1100. The van der Waals surface area contributed by atoms with Crippen molar-refractivity contribution in [2.45, 2.75) is 26.3 Å². The zero-order valence-corrected chi connectivity index (χ0v) is 18.4. The zero-order valence-electron chi connectivity index (χ0n) is 17.6. The molecule has 10 heteroatoms. The van der Waals surface area contributed by atoms with E-state index in [1.54, 1.807) is 12.1 Å². The predicted molar refractivity (Wildman–Crippen MR) is 122 cm³/mol. The molecule has 2 aromatic carbocycles. The summed E-state index contributed by atoms with van der Waals surface area (Å²) in [6, 6.07) is 13.4. The number of hydrogen-bond donors (Lipinski definition) is 3. The van der Waals surface area contributed by atoms with Crippen LogP contribution in [-0.2, 0) is 4.79 Å². The van der Waals surface area contributed by atoms with Crippen LogP contribution in [0.25, 0.3) is 10.6 Å². The molecule has 0 radical (unpaired) electrons. The highest BCUT2D eigenvalue weighted by Gasteiger charge is 2.27. The fourth-order valence-corrected chi connectivity index (χ4v) is 3.88. The molecule has 0 bridgehead atoms. The van der Waals surface area contributed by atoms with Crippen LogP contribution < -0.4 is 25.4 Å². The highest BCUT2D eigenvalue weighted by molar-refractivity contribution is 7.18. The molecule has 2 unspecified atom stereocenters. The number of aromatic nitrogens is 2. The lowest BCUT2D eigenvalue weighted by molar-refractivity contribution is -0.119. The van der Waals surface area contributed by atoms with Gasteiger partial charge in [-0.2, -0.15) is 0 Å². The van der Waals surface area contributed by atoms with Gasteiger partial charge in [0.05, 0.1) is 0 Å². The molecular formula is C22H23N5O4S. The predicted octanol–water partition coefficient (Wildman–Crippen LogP) is 4.11. The fourth-order valence-electron chi connectivity index (χ4n) is 3.13. The summed E-state index contributed by atoms with van der Waals surface area (Å²) in [7, 11) is 0. The number of rotatable bonds is 7. The minimum Gasteiger partial charge on any atom is -0.454 e. The van der Waals surface area contributed by atoms with E-state index in [9.17, 15) is 9.59 Å². The average molecular weight is 454 g/mol. The molecule has 32 heavy (non-hydrogen) atoms. The Morgan fingerprint density at radius 1 is 1.06 bits per heavy atom. The van der Waals surface area contributed by atoms with Crippen molar-refractivity contribution in [3.8, 4) is 22.1 Å². The Morgan fingerprint density at radius 3 is 2.62 bits per heavy atom. The second-order valence-electron chi connectivity index (χ2n) is 7.30. The number of anilines is 2. The van der Waals surface area contributed by atoms with E-state index in [-0.39, 0.29) is 18.6 Å². The van der Waals surface area contributed by atoms with Crippen LogP contribution in [-0.4, -0.2) is 35.0 Å². The highest BCUT2D eigenvalue weighted by atomic mass is 32.1. The quantitative estimate of drug-likeness (QED) is 0.496. The van der Waals surface area contributed by atoms with Crippen LogP contribution in [0.15, 0.2) is 48.5 Å². The summed E-state index contributed by atoms with van der Waals surface area (Å²) < 4.78 is 10.7. The number of nitrogens with one attached hydrogen (secondary N) is 3. The van der Waals surface area contributed by atoms with E-state index in [0.29, 0.717) is 33.7 Å². The number of nitrogens with zero attached hydrogens (tertiary/aromatic N) is 2. The second kappa shape index (κ2) is 9.65. The molecule has 0 aliphatic carbocycles. The van der Waals surface area contributed by atoms with Crippen LogP contribution in [0.5, 0.6) is 11.5 Å². The molecule has 1 aromatic heterocycles. The van der Waals surface area contributed by atoms with Gasteiger partial charge in [0.2, 0.25) is 17.8 Å². The van der Waals surface area contributed by atoms with Gasteiger partial charge in [-0.05, 0) is 36.2 Å². The molecule has 166 valence electrons. The van der Waals surface area contributed by atoms with Crippen molar-refractivity contribution in [1.29, 1.82) is 0 Å². The lowest BCUT2D eigenvalue weighted by Gasteiger charge is -2.23. The van der Waals surface area contributed by atoms with Gasteiger partial charge in [-0.1, -0.05) is 49.8 Å². The maximum atomic E-state index is 12.9. The molecule has 3 N–H and O–H groups in total. The Hall–Kier alpha value is -3.66. The first-order chi connectivity index (χ1) is 15.5. The standard InChI is InChI=1S/C22H23N5O4S/c1-3-13(2)18(24-21(29)23-15-7-5-4-6-8-15)19(28)25-22-27-26-20(32-22)14-9-10-16-17(11-14)31-12-30-16/h4-11,13,18H,3,12H2,1-2H3,(H2,23,24,29)(H,25,27,28). The first-order valence-corrected chi connectivity index (χ1v) is 11.0. The molecule has 0 saturated heterocycles. The van der Waals surface area contributed by atoms with E-state index < -0.39 is 12.1 Å². The van der Waals surface area contributed by atoms with E-state index in [0.717, 1.165) is 5.56 Å². The normalized spacial score (nSPS) is 13.8. The summed E-state index contributed by atoms with van der Waals surface area (Å²) in [5.41, 5.74) is 1.46. The van der Waals surface area contributed by atoms with Crippen molar-refractivity contribution in [2.75, 3.05) is 17.4 Å². The van der Waals surface area contributed by atoms with Gasteiger partial charge in [0, 0.05) is 11.3 Å². The minimum atomic E-state index is -0.735. The van der Waals surface area contributed by atoms with E-state index in [4.69, 9.17) is 9.47 Å². The summed E-state index contributed by atoms with van der Waals surface area (Å²) in [5.74, 6) is 0.894. The number of urea groups is 1. The summed E-state index contributed by atoms with van der Waals surface area (Å²) in [6.07, 6.45) is 0.711. The molecule has 2 heterocycles. The number of para-hydroxylation sites is 1. The van der Waals surface area contributed by atoms with Gasteiger partial charge in [0.25, 0.3) is 0 Å². The van der Waals surface area contributed by atoms with Gasteiger partial charge < -0.3 is 20.1 Å². The first kappa shape index (κ1) is 21.6. The van der Waals surface area contributed by atoms with Gasteiger partial charge in [0.15, 0.2) is 11.5 Å². The lowest BCUT2D eigenvalue weighted by Crippen LogP contribution is -2.49. The third-order valence-corrected chi connectivity index (χ3v) is 5.98. The van der Waals surface area contributed by atoms with Gasteiger partial charge in [0.1, 0.15) is 11.0 Å². The summed E-state index contributed by atoms with van der Waals surface area (Å²) in [6.45, 7) is 4.06. The minimum absolute atomic E-state index is 0.0854. The topological polar surface area (TPSA) is 114 Å². The van der Waals surface area contributed by atoms with Gasteiger partial charge in [-0.15, -0.1) is 10.2 Å². The monoisotopic (exact) mass is 453 g/mol. The number of benzene rings is 2. The zero-order chi connectivity index (χ0) is 22.5. The Kier molecular flexibility index (Phi) is 6.50. The number of hydrogen-bond acceptors (Lipinski definition) is 7. The van der Waals surface area contributed by atoms with Gasteiger partial charge >= 0.3 is 6.03 Å². The largest absolute Gasteiger partial charge is 0.454 e. The molecular weight excluding hydrogens is 430 g/mol. The molecule has 1 aliphatic heterocycles. The molecule has 1 aliphatic rings. The number of amides is 3. The third-order valence-electron chi connectivity index (χ3n) is 5.09. The van der Waals surface area contributed by atoms with E-state index >= 15 is 0 Å². The molecule has 0 fully saturated rings. The van der Waals surface area contributed by atoms with Crippen molar-refractivity contribution >= 4 is 34.1 Å². The fraction of sp³-hybridized carbons (Fsp3) is 0.273. The molecule has 3 amide bonds. The number of ether oxygens (including phenoxy) is 2. The van der Waals surface area contributed by atoms with Crippen LogP contribution in [0, 0.1) is 5.92 Å². The summed E-state index contributed by atoms with van der Waals surface area (Å²) in [5, 5.41) is 17.5.